The van der Waals surface area contributed by atoms with Crippen LogP contribution in [-0.4, -0.2) is 44.8 Å². The van der Waals surface area contributed by atoms with Crippen LogP contribution in [0.15, 0.2) is 6.33 Å². The molecule has 0 unspecified atom stereocenters. The van der Waals surface area contributed by atoms with Crippen LogP contribution in [0.25, 0.3) is 0 Å². The smallest absolute Gasteiger partial charge is 0.140 e. The number of aromatic nitrogens is 3. The summed E-state index contributed by atoms with van der Waals surface area (Å²) >= 11 is 0. The van der Waals surface area contributed by atoms with Gasteiger partial charge in [-0.3, -0.25) is 9.58 Å². The van der Waals surface area contributed by atoms with E-state index in [4.69, 9.17) is 0 Å². The van der Waals surface area contributed by atoms with Gasteiger partial charge in [-0.1, -0.05) is 12.8 Å². The fourth-order valence-corrected chi connectivity index (χ4v) is 3.29. The molecule has 1 N–H and O–H groups in total. The van der Waals surface area contributed by atoms with Gasteiger partial charge in [-0.05, 0) is 12.8 Å². The molecule has 1 saturated heterocycles. The highest BCUT2D eigenvalue weighted by Crippen LogP contribution is 2.36. The van der Waals surface area contributed by atoms with Crippen LogP contribution in [0.3, 0.4) is 0 Å². The largest absolute Gasteiger partial charge is 0.314 e. The summed E-state index contributed by atoms with van der Waals surface area (Å²) < 4.78 is 1.89. The average molecular weight is 235 g/mol. The fourth-order valence-electron chi connectivity index (χ4n) is 3.29. The van der Waals surface area contributed by atoms with Crippen molar-refractivity contribution in [1.29, 1.82) is 0 Å². The minimum Gasteiger partial charge on any atom is -0.314 e. The van der Waals surface area contributed by atoms with Crippen molar-refractivity contribution in [1.82, 2.24) is 25.0 Å². The molecule has 5 nitrogen and oxygen atoms in total. The molecule has 0 aromatic carbocycles. The number of aryl methyl sites for hydroxylation is 1. The van der Waals surface area contributed by atoms with E-state index in [0.717, 1.165) is 32.0 Å². The molecule has 1 aliphatic carbocycles. The van der Waals surface area contributed by atoms with Crippen molar-refractivity contribution in [3.63, 3.8) is 0 Å². The van der Waals surface area contributed by atoms with Gasteiger partial charge < -0.3 is 5.32 Å². The monoisotopic (exact) mass is 235 g/mol. The Morgan fingerprint density at radius 2 is 2.24 bits per heavy atom. The molecular formula is C12H21N5. The molecule has 1 aromatic rings. The van der Waals surface area contributed by atoms with E-state index in [1.165, 1.54) is 25.7 Å². The Morgan fingerprint density at radius 1 is 1.41 bits per heavy atom. The minimum atomic E-state index is 0.393. The molecule has 1 saturated carbocycles. The second kappa shape index (κ2) is 4.38. The standard InChI is InChI=1S/C12H21N5/c1-16-11(14-10-15-16)8-17-7-6-13-9-12(17)4-2-3-5-12/h10,13H,2-9H2,1H3. The van der Waals surface area contributed by atoms with Crippen LogP contribution in [0.4, 0.5) is 0 Å². The molecule has 1 spiro atoms. The third kappa shape index (κ3) is 1.98. The maximum Gasteiger partial charge on any atom is 0.140 e. The maximum absolute atomic E-state index is 4.35. The highest BCUT2D eigenvalue weighted by molar-refractivity contribution is 5.01. The van der Waals surface area contributed by atoms with Gasteiger partial charge in [-0.15, -0.1) is 0 Å². The molecule has 2 heterocycles. The molecule has 0 bridgehead atoms. The number of nitrogens with zero attached hydrogens (tertiary/aromatic N) is 4. The van der Waals surface area contributed by atoms with Gasteiger partial charge >= 0.3 is 0 Å². The van der Waals surface area contributed by atoms with Gasteiger partial charge in [-0.2, -0.15) is 5.10 Å². The number of hydrogen-bond acceptors (Lipinski definition) is 4. The normalized spacial score (nSPS) is 24.5. The fraction of sp³-hybridized carbons (Fsp3) is 0.833. The number of nitrogens with one attached hydrogen (secondary N) is 1. The van der Waals surface area contributed by atoms with E-state index in [2.05, 4.69) is 20.3 Å². The molecule has 5 heteroatoms. The Kier molecular flexibility index (Phi) is 2.88. The van der Waals surface area contributed by atoms with E-state index in [-0.39, 0.29) is 0 Å². The molecule has 0 atom stereocenters. The van der Waals surface area contributed by atoms with Crippen LogP contribution in [0, 0.1) is 0 Å². The molecular weight excluding hydrogens is 214 g/mol. The summed E-state index contributed by atoms with van der Waals surface area (Å²) in [6.45, 7) is 4.31. The van der Waals surface area contributed by atoms with Crippen LogP contribution in [0.2, 0.25) is 0 Å². The summed E-state index contributed by atoms with van der Waals surface area (Å²) in [7, 11) is 1.98. The van der Waals surface area contributed by atoms with E-state index in [1.807, 2.05) is 11.7 Å². The summed E-state index contributed by atoms with van der Waals surface area (Å²) in [5, 5.41) is 7.72. The van der Waals surface area contributed by atoms with E-state index in [1.54, 1.807) is 6.33 Å². The van der Waals surface area contributed by atoms with Crippen LogP contribution >= 0.6 is 0 Å². The Labute approximate surface area is 102 Å². The van der Waals surface area contributed by atoms with Crippen molar-refractivity contribution < 1.29 is 0 Å². The second-order valence-electron chi connectivity index (χ2n) is 5.33. The van der Waals surface area contributed by atoms with Crippen molar-refractivity contribution in [2.75, 3.05) is 19.6 Å². The summed E-state index contributed by atoms with van der Waals surface area (Å²) in [5.41, 5.74) is 0.393. The Bertz CT molecular complexity index is 380. The van der Waals surface area contributed by atoms with Crippen molar-refractivity contribution in [2.24, 2.45) is 7.05 Å². The van der Waals surface area contributed by atoms with E-state index >= 15 is 0 Å². The topological polar surface area (TPSA) is 46.0 Å². The van der Waals surface area contributed by atoms with Crippen molar-refractivity contribution in [2.45, 2.75) is 37.8 Å². The summed E-state index contributed by atoms with van der Waals surface area (Å²) in [6.07, 6.45) is 7.06. The van der Waals surface area contributed by atoms with Gasteiger partial charge in [0.05, 0.1) is 6.54 Å². The molecule has 17 heavy (non-hydrogen) atoms. The molecule has 0 amide bonds. The summed E-state index contributed by atoms with van der Waals surface area (Å²) in [4.78, 5) is 6.98. The van der Waals surface area contributed by atoms with Crippen molar-refractivity contribution in [3.8, 4) is 0 Å². The zero-order valence-corrected chi connectivity index (χ0v) is 10.5. The quantitative estimate of drug-likeness (QED) is 0.812. The second-order valence-corrected chi connectivity index (χ2v) is 5.33. The summed E-state index contributed by atoms with van der Waals surface area (Å²) in [5.74, 6) is 1.08. The lowest BCUT2D eigenvalue weighted by Gasteiger charge is -2.45. The van der Waals surface area contributed by atoms with Crippen LogP contribution < -0.4 is 5.32 Å². The Balaban J connectivity index is 1.78. The third-order valence-corrected chi connectivity index (χ3v) is 4.36. The van der Waals surface area contributed by atoms with Gasteiger partial charge in [0, 0.05) is 32.2 Å². The Morgan fingerprint density at radius 3 is 2.94 bits per heavy atom. The lowest BCUT2D eigenvalue weighted by Crippen LogP contribution is -2.59. The maximum atomic E-state index is 4.35. The molecule has 2 aliphatic rings. The third-order valence-electron chi connectivity index (χ3n) is 4.36. The first kappa shape index (κ1) is 11.2. The van der Waals surface area contributed by atoms with E-state index in [0.29, 0.717) is 5.54 Å². The van der Waals surface area contributed by atoms with Crippen LogP contribution in [-0.2, 0) is 13.6 Å². The zero-order valence-electron chi connectivity index (χ0n) is 10.5. The average Bonchev–Trinajstić information content (AvgIpc) is 2.94. The molecule has 2 fully saturated rings. The first-order chi connectivity index (χ1) is 8.30. The van der Waals surface area contributed by atoms with Crippen molar-refractivity contribution in [3.05, 3.63) is 12.2 Å². The lowest BCUT2D eigenvalue weighted by molar-refractivity contribution is 0.0538. The predicted octanol–water partition coefficient (Wildman–Crippen LogP) is 0.533. The number of rotatable bonds is 2. The SMILES string of the molecule is Cn1ncnc1CN1CCNCC12CCCC2. The van der Waals surface area contributed by atoms with Gasteiger partial charge in [0.15, 0.2) is 0 Å². The van der Waals surface area contributed by atoms with Crippen LogP contribution in [0.1, 0.15) is 31.5 Å². The number of hydrogen-bond donors (Lipinski definition) is 1. The minimum absolute atomic E-state index is 0.393. The van der Waals surface area contributed by atoms with Crippen molar-refractivity contribution >= 4 is 0 Å². The van der Waals surface area contributed by atoms with Crippen LogP contribution in [0.5, 0.6) is 0 Å². The molecule has 3 rings (SSSR count). The molecule has 0 radical (unpaired) electrons. The lowest BCUT2D eigenvalue weighted by atomic mass is 9.93. The molecule has 1 aromatic heterocycles. The van der Waals surface area contributed by atoms with Gasteiger partial charge in [0.2, 0.25) is 0 Å². The van der Waals surface area contributed by atoms with E-state index in [9.17, 15) is 0 Å². The van der Waals surface area contributed by atoms with Gasteiger partial charge in [-0.25, -0.2) is 4.98 Å². The Hall–Kier alpha value is -0.940. The van der Waals surface area contributed by atoms with E-state index < -0.39 is 0 Å². The first-order valence-corrected chi connectivity index (χ1v) is 6.59. The molecule has 94 valence electrons. The predicted molar refractivity (Wildman–Crippen MR) is 65.5 cm³/mol. The molecule has 1 aliphatic heterocycles. The highest BCUT2D eigenvalue weighted by atomic mass is 15.4. The van der Waals surface area contributed by atoms with Gasteiger partial charge in [0.25, 0.3) is 0 Å². The summed E-state index contributed by atoms with van der Waals surface area (Å²) in [6, 6.07) is 0. The highest BCUT2D eigenvalue weighted by Gasteiger charge is 2.41. The van der Waals surface area contributed by atoms with Gasteiger partial charge in [0.1, 0.15) is 12.2 Å². The zero-order chi connectivity index (χ0) is 11.7. The number of piperazine rings is 1. The first-order valence-electron chi connectivity index (χ1n) is 6.59.